The summed E-state index contributed by atoms with van der Waals surface area (Å²) in [5.41, 5.74) is 5.11. The Hall–Kier alpha value is -0.650. The van der Waals surface area contributed by atoms with E-state index in [2.05, 4.69) is 0 Å². The van der Waals surface area contributed by atoms with Crippen molar-refractivity contribution in [3.8, 4) is 0 Å². The second-order valence-electron chi connectivity index (χ2n) is 2.01. The minimum Gasteiger partial charge on any atom is -0.389 e. The number of hydrogen-bond donors (Lipinski definition) is 3. The third kappa shape index (κ3) is 0.893. The van der Waals surface area contributed by atoms with Crippen LogP contribution in [-0.2, 0) is 4.79 Å². The highest BCUT2D eigenvalue weighted by molar-refractivity contribution is 5.83. The van der Waals surface area contributed by atoms with Crippen molar-refractivity contribution in [3.05, 3.63) is 0 Å². The van der Waals surface area contributed by atoms with Gasteiger partial charge in [0.15, 0.2) is 0 Å². The number of carbonyl (C=O) groups is 1. The normalized spacial score (nSPS) is 35.9. The van der Waals surface area contributed by atoms with Gasteiger partial charge in [-0.2, -0.15) is 0 Å². The van der Waals surface area contributed by atoms with Crippen molar-refractivity contribution in [2.24, 2.45) is 5.73 Å². The fourth-order valence-electron chi connectivity index (χ4n) is 0.717. The van der Waals surface area contributed by atoms with Crippen LogP contribution in [0.2, 0.25) is 0 Å². The van der Waals surface area contributed by atoms with Gasteiger partial charge in [0.2, 0.25) is 0 Å². The topological polar surface area (TPSA) is 86.8 Å². The zero-order valence-electron chi connectivity index (χ0n) is 4.69. The molecule has 0 radical (unpaired) electrons. The number of amides is 1. The Morgan fingerprint density at radius 2 is 2.33 bits per heavy atom. The van der Waals surface area contributed by atoms with Gasteiger partial charge in [-0.05, 0) is 0 Å². The lowest BCUT2D eigenvalue weighted by Gasteiger charge is -2.02. The molecule has 9 heavy (non-hydrogen) atoms. The molecule has 1 aliphatic rings. The zero-order valence-corrected chi connectivity index (χ0v) is 4.69. The number of carbonyl (C=O) groups excluding carboxylic acids is 1. The minimum absolute atomic E-state index is 0.0833. The van der Waals surface area contributed by atoms with E-state index >= 15 is 0 Å². The zero-order chi connectivity index (χ0) is 7.02. The number of aliphatic hydroxyl groups excluding tert-OH is 1. The monoisotopic (exact) mass is 132 g/mol. The Morgan fingerprint density at radius 1 is 1.78 bits per heavy atom. The maximum atomic E-state index is 10.5. The molecule has 5 heteroatoms. The van der Waals surface area contributed by atoms with Crippen LogP contribution >= 0.6 is 0 Å². The van der Waals surface area contributed by atoms with Gasteiger partial charge >= 0.3 is 0 Å². The molecule has 52 valence electrons. The SMILES string of the molecule is N[C@H]1C(=O)N(O)C[C@H]1O. The van der Waals surface area contributed by atoms with Gasteiger partial charge < -0.3 is 10.8 Å². The molecule has 5 nitrogen and oxygen atoms in total. The second-order valence-corrected chi connectivity index (χ2v) is 2.01. The molecule has 0 aliphatic carbocycles. The number of nitrogens with zero attached hydrogens (tertiary/aromatic N) is 1. The number of aliphatic hydroxyl groups is 1. The van der Waals surface area contributed by atoms with Crippen LogP contribution < -0.4 is 5.73 Å². The Kier molecular flexibility index (Phi) is 1.40. The van der Waals surface area contributed by atoms with Crippen molar-refractivity contribution >= 4 is 5.91 Å². The molecule has 1 saturated heterocycles. The van der Waals surface area contributed by atoms with Crippen LogP contribution in [0.4, 0.5) is 0 Å². The molecule has 4 N–H and O–H groups in total. The van der Waals surface area contributed by atoms with Crippen LogP contribution in [0.25, 0.3) is 0 Å². The second kappa shape index (κ2) is 1.94. The van der Waals surface area contributed by atoms with E-state index in [-0.39, 0.29) is 6.54 Å². The number of rotatable bonds is 0. The van der Waals surface area contributed by atoms with Crippen molar-refractivity contribution < 1.29 is 15.1 Å². The average molecular weight is 132 g/mol. The highest BCUT2D eigenvalue weighted by Crippen LogP contribution is 2.05. The van der Waals surface area contributed by atoms with Crippen LogP contribution in [-0.4, -0.2) is 40.0 Å². The maximum absolute atomic E-state index is 10.5. The number of hydroxylamine groups is 2. The Morgan fingerprint density at radius 3 is 2.44 bits per heavy atom. The van der Waals surface area contributed by atoms with E-state index in [0.29, 0.717) is 5.06 Å². The molecule has 1 fully saturated rings. The van der Waals surface area contributed by atoms with E-state index in [1.54, 1.807) is 0 Å². The highest BCUT2D eigenvalue weighted by atomic mass is 16.5. The fourth-order valence-corrected chi connectivity index (χ4v) is 0.717. The third-order valence-corrected chi connectivity index (χ3v) is 1.31. The predicted molar refractivity (Wildman–Crippen MR) is 27.5 cm³/mol. The quantitative estimate of drug-likeness (QED) is 0.330. The summed E-state index contributed by atoms with van der Waals surface area (Å²) in [4.78, 5) is 10.5. The first-order valence-electron chi connectivity index (χ1n) is 2.57. The highest BCUT2D eigenvalue weighted by Gasteiger charge is 2.35. The van der Waals surface area contributed by atoms with E-state index in [1.807, 2.05) is 0 Å². The standard InChI is InChI=1S/C4H8N2O3/c5-3-2(7)1-6(9)4(3)8/h2-3,7,9H,1,5H2/t2-,3-/m1/s1. The molecule has 1 heterocycles. The summed E-state index contributed by atoms with van der Waals surface area (Å²) in [5, 5.41) is 17.8. The van der Waals surface area contributed by atoms with Crippen LogP contribution in [0.1, 0.15) is 0 Å². The Balaban J connectivity index is 2.65. The van der Waals surface area contributed by atoms with Gasteiger partial charge in [-0.3, -0.25) is 10.0 Å². The molecule has 1 aliphatic heterocycles. The van der Waals surface area contributed by atoms with E-state index in [4.69, 9.17) is 16.0 Å². The maximum Gasteiger partial charge on any atom is 0.265 e. The van der Waals surface area contributed by atoms with Gasteiger partial charge in [0.05, 0.1) is 12.6 Å². The van der Waals surface area contributed by atoms with Crippen molar-refractivity contribution in [1.29, 1.82) is 0 Å². The van der Waals surface area contributed by atoms with E-state index in [1.165, 1.54) is 0 Å². The third-order valence-electron chi connectivity index (χ3n) is 1.31. The van der Waals surface area contributed by atoms with Gasteiger partial charge in [-0.25, -0.2) is 5.06 Å². The summed E-state index contributed by atoms with van der Waals surface area (Å²) in [7, 11) is 0. The molecule has 0 aromatic heterocycles. The van der Waals surface area contributed by atoms with Crippen LogP contribution in [0.15, 0.2) is 0 Å². The average Bonchev–Trinajstić information content (AvgIpc) is 1.98. The predicted octanol–water partition coefficient (Wildman–Crippen LogP) is -2.09. The molecular formula is C4H8N2O3. The summed E-state index contributed by atoms with van der Waals surface area (Å²) >= 11 is 0. The van der Waals surface area contributed by atoms with Crippen LogP contribution in [0.5, 0.6) is 0 Å². The van der Waals surface area contributed by atoms with Gasteiger partial charge in [0, 0.05) is 0 Å². The first-order chi connectivity index (χ1) is 4.13. The Bertz CT molecular complexity index is 138. The van der Waals surface area contributed by atoms with E-state index < -0.39 is 18.1 Å². The van der Waals surface area contributed by atoms with Gasteiger partial charge in [0.25, 0.3) is 5.91 Å². The molecule has 1 rings (SSSR count). The lowest BCUT2D eigenvalue weighted by Crippen LogP contribution is -2.37. The van der Waals surface area contributed by atoms with E-state index in [9.17, 15) is 4.79 Å². The Labute approximate surface area is 51.6 Å². The molecule has 0 bridgehead atoms. The number of nitrogens with two attached hydrogens (primary N) is 1. The summed E-state index contributed by atoms with van der Waals surface area (Å²) < 4.78 is 0. The molecule has 0 saturated carbocycles. The molecule has 0 unspecified atom stereocenters. The van der Waals surface area contributed by atoms with Crippen molar-refractivity contribution in [3.63, 3.8) is 0 Å². The largest absolute Gasteiger partial charge is 0.389 e. The molecule has 0 aromatic rings. The number of β-amino-alcohol motifs (C(OH)–C–C–N with tert-alkyl or cyclic N) is 1. The smallest absolute Gasteiger partial charge is 0.265 e. The summed E-state index contributed by atoms with van der Waals surface area (Å²) in [6.45, 7) is -0.0833. The summed E-state index contributed by atoms with van der Waals surface area (Å²) in [6, 6.07) is -0.949. The van der Waals surface area contributed by atoms with Crippen LogP contribution in [0.3, 0.4) is 0 Å². The molecule has 0 spiro atoms. The van der Waals surface area contributed by atoms with Crippen molar-refractivity contribution in [1.82, 2.24) is 5.06 Å². The first-order valence-corrected chi connectivity index (χ1v) is 2.57. The van der Waals surface area contributed by atoms with Crippen molar-refractivity contribution in [2.75, 3.05) is 6.54 Å². The lowest BCUT2D eigenvalue weighted by molar-refractivity contribution is -0.158. The van der Waals surface area contributed by atoms with E-state index in [0.717, 1.165) is 0 Å². The molecular weight excluding hydrogens is 124 g/mol. The van der Waals surface area contributed by atoms with Gasteiger partial charge in [-0.15, -0.1) is 0 Å². The summed E-state index contributed by atoms with van der Waals surface area (Å²) in [5.74, 6) is -0.623. The van der Waals surface area contributed by atoms with Crippen LogP contribution in [0, 0.1) is 0 Å². The van der Waals surface area contributed by atoms with Gasteiger partial charge in [-0.1, -0.05) is 0 Å². The first kappa shape index (κ1) is 6.47. The molecule has 1 amide bonds. The van der Waals surface area contributed by atoms with Gasteiger partial charge in [0.1, 0.15) is 6.04 Å². The fraction of sp³-hybridized carbons (Fsp3) is 0.750. The lowest BCUT2D eigenvalue weighted by atomic mass is 10.2. The molecule has 0 aromatic carbocycles. The minimum atomic E-state index is -0.949. The summed E-state index contributed by atoms with van der Waals surface area (Å²) in [6.07, 6.45) is -0.928. The van der Waals surface area contributed by atoms with Crippen molar-refractivity contribution in [2.45, 2.75) is 12.1 Å². The molecule has 2 atom stereocenters. The number of hydrogen-bond acceptors (Lipinski definition) is 4.